The minimum absolute atomic E-state index is 0. The topological polar surface area (TPSA) is 61.9 Å². The van der Waals surface area contributed by atoms with Gasteiger partial charge < -0.3 is 11.1 Å². The third-order valence-electron chi connectivity index (χ3n) is 1.49. The molecular formula is C8H12ClN3. The lowest BCUT2D eigenvalue weighted by Gasteiger charge is -2.05. The average molecular weight is 186 g/mol. The fraction of sp³-hybridized carbons (Fsp3) is 0.125. The summed E-state index contributed by atoms with van der Waals surface area (Å²) in [6, 6.07) is 7.46. The van der Waals surface area contributed by atoms with Gasteiger partial charge in [0.25, 0.3) is 0 Å². The molecule has 4 N–H and O–H groups in total. The van der Waals surface area contributed by atoms with Crippen LogP contribution in [-0.2, 0) is 0 Å². The second-order valence-electron chi connectivity index (χ2n) is 2.21. The van der Waals surface area contributed by atoms with Crippen LogP contribution in [0.25, 0.3) is 0 Å². The van der Waals surface area contributed by atoms with Crippen LogP contribution in [0.2, 0.25) is 0 Å². The molecule has 0 spiro atoms. The summed E-state index contributed by atoms with van der Waals surface area (Å²) in [4.78, 5) is 0. The maximum absolute atomic E-state index is 7.22. The first-order valence-electron chi connectivity index (χ1n) is 3.37. The van der Waals surface area contributed by atoms with Gasteiger partial charge in [-0.05, 0) is 12.1 Å². The molecule has 0 radical (unpaired) electrons. The van der Waals surface area contributed by atoms with Crippen molar-refractivity contribution in [3.05, 3.63) is 29.8 Å². The SMILES string of the molecule is CNc1ccccc1C(=N)N.Cl. The zero-order valence-corrected chi connectivity index (χ0v) is 7.61. The van der Waals surface area contributed by atoms with Gasteiger partial charge in [-0.3, -0.25) is 5.41 Å². The fourth-order valence-corrected chi connectivity index (χ4v) is 0.936. The molecule has 1 rings (SSSR count). The van der Waals surface area contributed by atoms with Crippen LogP contribution in [-0.4, -0.2) is 12.9 Å². The third-order valence-corrected chi connectivity index (χ3v) is 1.49. The Hall–Kier alpha value is -1.22. The van der Waals surface area contributed by atoms with Crippen molar-refractivity contribution in [1.82, 2.24) is 0 Å². The maximum Gasteiger partial charge on any atom is 0.124 e. The Bertz CT molecular complexity index is 273. The maximum atomic E-state index is 7.22. The molecule has 1 aromatic carbocycles. The van der Waals surface area contributed by atoms with E-state index in [-0.39, 0.29) is 18.2 Å². The fourth-order valence-electron chi connectivity index (χ4n) is 0.936. The van der Waals surface area contributed by atoms with Crippen LogP contribution in [0.4, 0.5) is 5.69 Å². The van der Waals surface area contributed by atoms with E-state index in [0.29, 0.717) is 0 Å². The summed E-state index contributed by atoms with van der Waals surface area (Å²) in [7, 11) is 1.81. The highest BCUT2D eigenvalue weighted by Crippen LogP contribution is 2.12. The van der Waals surface area contributed by atoms with Gasteiger partial charge in [0.1, 0.15) is 5.84 Å². The Morgan fingerprint density at radius 2 is 2.00 bits per heavy atom. The highest BCUT2D eigenvalue weighted by atomic mass is 35.5. The molecule has 0 unspecified atom stereocenters. The Kier molecular flexibility index (Phi) is 4.15. The molecule has 1 aromatic rings. The van der Waals surface area contributed by atoms with Gasteiger partial charge in [0.2, 0.25) is 0 Å². The number of amidine groups is 1. The molecule has 0 saturated carbocycles. The largest absolute Gasteiger partial charge is 0.388 e. The van der Waals surface area contributed by atoms with Crippen LogP contribution in [0.1, 0.15) is 5.56 Å². The van der Waals surface area contributed by atoms with Crippen molar-refractivity contribution in [2.24, 2.45) is 5.73 Å². The van der Waals surface area contributed by atoms with Crippen molar-refractivity contribution >= 4 is 23.9 Å². The predicted molar refractivity (Wildman–Crippen MR) is 54.3 cm³/mol. The summed E-state index contributed by atoms with van der Waals surface area (Å²) >= 11 is 0. The van der Waals surface area contributed by atoms with E-state index in [2.05, 4.69) is 5.32 Å². The lowest BCUT2D eigenvalue weighted by Crippen LogP contribution is -2.13. The number of benzene rings is 1. The average Bonchev–Trinajstić information content (AvgIpc) is 2.04. The van der Waals surface area contributed by atoms with E-state index < -0.39 is 0 Å². The summed E-state index contributed by atoms with van der Waals surface area (Å²) in [5.74, 6) is 0.0925. The Morgan fingerprint density at radius 3 is 2.42 bits per heavy atom. The van der Waals surface area contributed by atoms with Gasteiger partial charge in [-0.1, -0.05) is 12.1 Å². The molecule has 0 atom stereocenters. The lowest BCUT2D eigenvalue weighted by molar-refractivity contribution is 1.40. The van der Waals surface area contributed by atoms with Crippen LogP contribution in [0.3, 0.4) is 0 Å². The molecule has 0 bridgehead atoms. The quantitative estimate of drug-likeness (QED) is 0.482. The predicted octanol–water partition coefficient (Wildman–Crippen LogP) is 1.43. The van der Waals surface area contributed by atoms with Gasteiger partial charge in [0.05, 0.1) is 0 Å². The van der Waals surface area contributed by atoms with Crippen molar-refractivity contribution in [1.29, 1.82) is 5.41 Å². The normalized spacial score (nSPS) is 8.42. The summed E-state index contributed by atoms with van der Waals surface area (Å²) < 4.78 is 0. The highest BCUT2D eigenvalue weighted by Gasteiger charge is 2.00. The molecule has 0 amide bonds. The second-order valence-corrected chi connectivity index (χ2v) is 2.21. The van der Waals surface area contributed by atoms with Gasteiger partial charge in [-0.25, -0.2) is 0 Å². The molecule has 0 aliphatic carbocycles. The first kappa shape index (κ1) is 10.8. The highest BCUT2D eigenvalue weighted by molar-refractivity contribution is 6.00. The summed E-state index contributed by atoms with van der Waals surface area (Å²) in [5.41, 5.74) is 6.97. The van der Waals surface area contributed by atoms with E-state index in [1.165, 1.54) is 0 Å². The summed E-state index contributed by atoms with van der Waals surface area (Å²) in [6.07, 6.45) is 0. The number of nitrogens with one attached hydrogen (secondary N) is 2. The van der Waals surface area contributed by atoms with Crippen LogP contribution < -0.4 is 11.1 Å². The van der Waals surface area contributed by atoms with Crippen molar-refractivity contribution in [2.45, 2.75) is 0 Å². The van der Waals surface area contributed by atoms with E-state index in [4.69, 9.17) is 11.1 Å². The minimum atomic E-state index is 0. The van der Waals surface area contributed by atoms with E-state index in [9.17, 15) is 0 Å². The Morgan fingerprint density at radius 1 is 1.42 bits per heavy atom. The minimum Gasteiger partial charge on any atom is -0.388 e. The monoisotopic (exact) mass is 185 g/mol. The van der Waals surface area contributed by atoms with Crippen LogP contribution in [0, 0.1) is 5.41 Å². The molecule has 0 fully saturated rings. The zero-order chi connectivity index (χ0) is 8.27. The molecule has 66 valence electrons. The number of rotatable bonds is 2. The molecule has 0 saturated heterocycles. The summed E-state index contributed by atoms with van der Waals surface area (Å²) in [5, 5.41) is 10.2. The van der Waals surface area contributed by atoms with Gasteiger partial charge >= 0.3 is 0 Å². The van der Waals surface area contributed by atoms with Crippen molar-refractivity contribution in [3.8, 4) is 0 Å². The van der Waals surface area contributed by atoms with Crippen LogP contribution >= 0.6 is 12.4 Å². The molecule has 0 aliphatic heterocycles. The van der Waals surface area contributed by atoms with Crippen molar-refractivity contribution < 1.29 is 0 Å². The molecule has 3 nitrogen and oxygen atoms in total. The molecule has 0 aliphatic rings. The molecule has 0 heterocycles. The van der Waals surface area contributed by atoms with Crippen molar-refractivity contribution in [3.63, 3.8) is 0 Å². The van der Waals surface area contributed by atoms with E-state index in [0.717, 1.165) is 11.3 Å². The van der Waals surface area contributed by atoms with Crippen molar-refractivity contribution in [2.75, 3.05) is 12.4 Å². The second kappa shape index (κ2) is 4.62. The Balaban J connectivity index is 0.00000121. The number of anilines is 1. The number of nitrogen functional groups attached to an aromatic ring is 1. The number of halogens is 1. The number of nitrogens with two attached hydrogens (primary N) is 1. The smallest absolute Gasteiger partial charge is 0.124 e. The van der Waals surface area contributed by atoms with E-state index >= 15 is 0 Å². The molecule has 12 heavy (non-hydrogen) atoms. The Labute approximate surface area is 77.9 Å². The van der Waals surface area contributed by atoms with Crippen LogP contribution in [0.5, 0.6) is 0 Å². The van der Waals surface area contributed by atoms with Gasteiger partial charge in [-0.2, -0.15) is 0 Å². The van der Waals surface area contributed by atoms with Gasteiger partial charge in [-0.15, -0.1) is 12.4 Å². The zero-order valence-electron chi connectivity index (χ0n) is 6.79. The molecule has 0 aromatic heterocycles. The van der Waals surface area contributed by atoms with E-state index in [1.54, 1.807) is 0 Å². The number of hydrogen-bond donors (Lipinski definition) is 3. The van der Waals surface area contributed by atoms with Gasteiger partial charge in [0, 0.05) is 18.3 Å². The molecule has 4 heteroatoms. The first-order valence-corrected chi connectivity index (χ1v) is 3.37. The third kappa shape index (κ3) is 2.13. The van der Waals surface area contributed by atoms with Crippen LogP contribution in [0.15, 0.2) is 24.3 Å². The number of para-hydroxylation sites is 1. The first-order chi connectivity index (χ1) is 5.25. The lowest BCUT2D eigenvalue weighted by atomic mass is 10.1. The van der Waals surface area contributed by atoms with E-state index in [1.807, 2.05) is 31.3 Å². The standard InChI is InChI=1S/C8H11N3.ClH/c1-11-7-5-3-2-4-6(7)8(9)10;/h2-5,11H,1H3,(H3,9,10);1H. The number of hydrogen-bond acceptors (Lipinski definition) is 2. The molecular weight excluding hydrogens is 174 g/mol. The summed E-state index contributed by atoms with van der Waals surface area (Å²) in [6.45, 7) is 0. The van der Waals surface area contributed by atoms with Gasteiger partial charge in [0.15, 0.2) is 0 Å².